The maximum Gasteiger partial charge on any atom is 0.257 e. The number of phenols is 1. The molecule has 0 aliphatic rings. The number of benzene rings is 1. The zero-order valence-electron chi connectivity index (χ0n) is 10.3. The summed E-state index contributed by atoms with van der Waals surface area (Å²) in [5.41, 5.74) is 1.24. The van der Waals surface area contributed by atoms with Crippen molar-refractivity contribution in [3.8, 4) is 5.75 Å². The fraction of sp³-hybridized carbons (Fsp3) is 0.231. The van der Waals surface area contributed by atoms with E-state index in [1.165, 1.54) is 11.0 Å². The van der Waals surface area contributed by atoms with Gasteiger partial charge in [-0.1, -0.05) is 11.6 Å². The van der Waals surface area contributed by atoms with E-state index >= 15 is 0 Å². The van der Waals surface area contributed by atoms with E-state index in [0.29, 0.717) is 17.9 Å². The van der Waals surface area contributed by atoms with Gasteiger partial charge in [0.2, 0.25) is 0 Å². The molecule has 94 valence electrons. The molecular weight excluding hydrogens is 230 g/mol. The molecule has 2 aromatic rings. The number of aromatic hydroxyl groups is 1. The fourth-order valence-corrected chi connectivity index (χ4v) is 1.71. The zero-order chi connectivity index (χ0) is 13.1. The maximum absolute atomic E-state index is 12.2. The Labute approximate surface area is 105 Å². The lowest BCUT2D eigenvalue weighted by molar-refractivity contribution is 0.0778. The summed E-state index contributed by atoms with van der Waals surface area (Å²) in [7, 11) is 1.67. The van der Waals surface area contributed by atoms with Gasteiger partial charge in [0.1, 0.15) is 11.6 Å². The van der Waals surface area contributed by atoms with E-state index in [4.69, 9.17) is 0 Å². The van der Waals surface area contributed by atoms with Gasteiger partial charge in [-0.15, -0.1) is 0 Å². The molecule has 5 nitrogen and oxygen atoms in total. The van der Waals surface area contributed by atoms with Crippen molar-refractivity contribution in [1.29, 1.82) is 0 Å². The number of nitrogens with one attached hydrogen (secondary N) is 1. The lowest BCUT2D eigenvalue weighted by Gasteiger charge is -2.16. The molecule has 1 aromatic heterocycles. The Morgan fingerprint density at radius 1 is 1.50 bits per heavy atom. The molecule has 0 bridgehead atoms. The van der Waals surface area contributed by atoms with E-state index in [-0.39, 0.29) is 11.7 Å². The predicted octanol–water partition coefficient (Wildman–Crippen LogP) is 1.70. The molecule has 0 radical (unpaired) electrons. The van der Waals surface area contributed by atoms with Crippen LogP contribution in [-0.4, -0.2) is 32.9 Å². The van der Waals surface area contributed by atoms with Crippen LogP contribution in [0.5, 0.6) is 5.75 Å². The number of carbonyl (C=O) groups excluding carboxylic acids is 1. The molecule has 0 saturated heterocycles. The van der Waals surface area contributed by atoms with Gasteiger partial charge in [0, 0.05) is 19.4 Å². The molecular formula is C13H15N3O2. The van der Waals surface area contributed by atoms with Crippen LogP contribution < -0.4 is 0 Å². The summed E-state index contributed by atoms with van der Waals surface area (Å²) >= 11 is 0. The normalized spacial score (nSPS) is 10.3. The Morgan fingerprint density at radius 3 is 2.94 bits per heavy atom. The largest absolute Gasteiger partial charge is 0.507 e. The molecule has 1 heterocycles. The first-order valence-corrected chi connectivity index (χ1v) is 5.61. The first-order chi connectivity index (χ1) is 8.58. The summed E-state index contributed by atoms with van der Waals surface area (Å²) < 4.78 is 0. The molecule has 0 aliphatic carbocycles. The van der Waals surface area contributed by atoms with Crippen molar-refractivity contribution in [2.45, 2.75) is 13.5 Å². The molecule has 5 heteroatoms. The minimum Gasteiger partial charge on any atom is -0.507 e. The number of carbonyl (C=O) groups is 1. The number of rotatable bonds is 3. The SMILES string of the molecule is Cc1ccc(O)c(C(=O)N(C)Cc2ncc[nH]2)c1. The Kier molecular flexibility index (Phi) is 3.32. The van der Waals surface area contributed by atoms with Gasteiger partial charge in [0.15, 0.2) is 0 Å². The van der Waals surface area contributed by atoms with Crippen molar-refractivity contribution in [1.82, 2.24) is 14.9 Å². The quantitative estimate of drug-likeness (QED) is 0.864. The molecule has 0 spiro atoms. The highest BCUT2D eigenvalue weighted by Crippen LogP contribution is 2.20. The van der Waals surface area contributed by atoms with Crippen LogP contribution in [0, 0.1) is 6.92 Å². The average Bonchev–Trinajstić information content (AvgIpc) is 2.84. The first kappa shape index (κ1) is 12.2. The van der Waals surface area contributed by atoms with Crippen molar-refractivity contribution in [2.24, 2.45) is 0 Å². The van der Waals surface area contributed by atoms with E-state index in [1.807, 2.05) is 6.92 Å². The second-order valence-corrected chi connectivity index (χ2v) is 4.22. The van der Waals surface area contributed by atoms with Gasteiger partial charge in [0.05, 0.1) is 12.1 Å². The van der Waals surface area contributed by atoms with Gasteiger partial charge in [0.25, 0.3) is 5.91 Å². The van der Waals surface area contributed by atoms with Gasteiger partial charge < -0.3 is 15.0 Å². The molecule has 1 aromatic carbocycles. The Hall–Kier alpha value is -2.30. The van der Waals surface area contributed by atoms with Gasteiger partial charge in [-0.05, 0) is 19.1 Å². The van der Waals surface area contributed by atoms with Crippen LogP contribution in [-0.2, 0) is 6.54 Å². The molecule has 2 rings (SSSR count). The third kappa shape index (κ3) is 2.51. The minimum absolute atomic E-state index is 0.00288. The summed E-state index contributed by atoms with van der Waals surface area (Å²) in [5, 5.41) is 9.71. The third-order valence-corrected chi connectivity index (χ3v) is 2.67. The van der Waals surface area contributed by atoms with Gasteiger partial charge >= 0.3 is 0 Å². The fourth-order valence-electron chi connectivity index (χ4n) is 1.71. The van der Waals surface area contributed by atoms with Gasteiger partial charge in [-0.2, -0.15) is 0 Å². The third-order valence-electron chi connectivity index (χ3n) is 2.67. The van der Waals surface area contributed by atoms with Crippen LogP contribution in [0.3, 0.4) is 0 Å². The standard InChI is InChI=1S/C13H15N3O2/c1-9-3-4-11(17)10(7-9)13(18)16(2)8-12-14-5-6-15-12/h3-7,17H,8H2,1-2H3,(H,14,15). The number of hydrogen-bond acceptors (Lipinski definition) is 3. The van der Waals surface area contributed by atoms with Crippen molar-refractivity contribution < 1.29 is 9.90 Å². The topological polar surface area (TPSA) is 69.2 Å². The highest BCUT2D eigenvalue weighted by Gasteiger charge is 2.16. The van der Waals surface area contributed by atoms with Gasteiger partial charge in [-0.3, -0.25) is 4.79 Å². The van der Waals surface area contributed by atoms with Crippen molar-refractivity contribution in [3.63, 3.8) is 0 Å². The number of phenolic OH excluding ortho intramolecular Hbond substituents is 1. The van der Waals surface area contributed by atoms with Crippen LogP contribution in [0.25, 0.3) is 0 Å². The number of aromatic nitrogens is 2. The average molecular weight is 245 g/mol. The monoisotopic (exact) mass is 245 g/mol. The van der Waals surface area contributed by atoms with E-state index < -0.39 is 0 Å². The van der Waals surface area contributed by atoms with Crippen molar-refractivity contribution in [3.05, 3.63) is 47.5 Å². The number of aromatic amines is 1. The number of H-pyrrole nitrogens is 1. The van der Waals surface area contributed by atoms with E-state index in [0.717, 1.165) is 5.56 Å². The first-order valence-electron chi connectivity index (χ1n) is 5.61. The lowest BCUT2D eigenvalue weighted by atomic mass is 10.1. The van der Waals surface area contributed by atoms with E-state index in [9.17, 15) is 9.90 Å². The second-order valence-electron chi connectivity index (χ2n) is 4.22. The highest BCUT2D eigenvalue weighted by molar-refractivity contribution is 5.96. The van der Waals surface area contributed by atoms with Crippen LogP contribution >= 0.6 is 0 Å². The number of hydrogen-bond donors (Lipinski definition) is 2. The lowest BCUT2D eigenvalue weighted by Crippen LogP contribution is -2.26. The molecule has 0 atom stereocenters. The van der Waals surface area contributed by atoms with E-state index in [2.05, 4.69) is 9.97 Å². The van der Waals surface area contributed by atoms with Crippen LogP contribution in [0.15, 0.2) is 30.6 Å². The molecule has 2 N–H and O–H groups in total. The maximum atomic E-state index is 12.2. The van der Waals surface area contributed by atoms with Crippen molar-refractivity contribution in [2.75, 3.05) is 7.05 Å². The smallest absolute Gasteiger partial charge is 0.257 e. The molecule has 0 unspecified atom stereocenters. The van der Waals surface area contributed by atoms with Gasteiger partial charge in [-0.25, -0.2) is 4.98 Å². The Bertz CT molecular complexity index is 549. The molecule has 0 saturated carbocycles. The molecule has 0 aliphatic heterocycles. The summed E-state index contributed by atoms with van der Waals surface area (Å²) in [4.78, 5) is 20.7. The van der Waals surface area contributed by atoms with Crippen LogP contribution in [0.2, 0.25) is 0 Å². The van der Waals surface area contributed by atoms with Crippen LogP contribution in [0.4, 0.5) is 0 Å². The predicted molar refractivity (Wildman–Crippen MR) is 67.2 cm³/mol. The molecule has 1 amide bonds. The Balaban J connectivity index is 2.17. The Morgan fingerprint density at radius 2 is 2.28 bits per heavy atom. The number of imidazole rings is 1. The molecule has 0 fully saturated rings. The zero-order valence-corrected chi connectivity index (χ0v) is 10.3. The minimum atomic E-state index is -0.229. The van der Waals surface area contributed by atoms with Crippen LogP contribution in [0.1, 0.15) is 21.7 Å². The summed E-state index contributed by atoms with van der Waals surface area (Å²) in [6, 6.07) is 4.97. The summed E-state index contributed by atoms with van der Waals surface area (Å²) in [6.07, 6.45) is 3.34. The number of amides is 1. The second kappa shape index (κ2) is 4.91. The summed E-state index contributed by atoms with van der Waals surface area (Å²) in [6.45, 7) is 2.25. The highest BCUT2D eigenvalue weighted by atomic mass is 16.3. The number of nitrogens with zero attached hydrogens (tertiary/aromatic N) is 2. The van der Waals surface area contributed by atoms with E-state index in [1.54, 1.807) is 31.6 Å². The number of aryl methyl sites for hydroxylation is 1. The van der Waals surface area contributed by atoms with Crippen molar-refractivity contribution >= 4 is 5.91 Å². The molecule has 18 heavy (non-hydrogen) atoms. The summed E-state index contributed by atoms with van der Waals surface area (Å²) in [5.74, 6) is 0.475.